The van der Waals surface area contributed by atoms with E-state index in [-0.39, 0.29) is 5.69 Å². The minimum absolute atomic E-state index is 0.0682. The average Bonchev–Trinajstić information content (AvgIpc) is 3.15. The first-order chi connectivity index (χ1) is 14.1. The minimum atomic E-state index is -0.420. The molecule has 0 aliphatic heterocycles. The Hall–Kier alpha value is -3.58. The van der Waals surface area contributed by atoms with Gasteiger partial charge in [0.25, 0.3) is 5.69 Å². The molecule has 1 heterocycles. The quantitative estimate of drug-likeness (QED) is 0.196. The van der Waals surface area contributed by atoms with Gasteiger partial charge in [0.1, 0.15) is 5.52 Å². The number of halogens is 1. The van der Waals surface area contributed by atoms with E-state index < -0.39 is 4.92 Å². The summed E-state index contributed by atoms with van der Waals surface area (Å²) in [5, 5.41) is 10.7. The molecule has 142 valence electrons. The molecule has 0 unspecified atom stereocenters. The van der Waals surface area contributed by atoms with Crippen molar-refractivity contribution in [1.29, 1.82) is 0 Å². The monoisotopic (exact) mass is 447 g/mol. The number of nitrogens with zero attached hydrogens (tertiary/aromatic N) is 3. The number of nitro benzene ring substituents is 1. The molecule has 4 aromatic rings. The summed E-state index contributed by atoms with van der Waals surface area (Å²) in [7, 11) is 0. The van der Waals surface area contributed by atoms with Crippen LogP contribution in [0, 0.1) is 10.1 Å². The van der Waals surface area contributed by atoms with Crippen LogP contribution in [0.4, 0.5) is 11.4 Å². The van der Waals surface area contributed by atoms with Crippen LogP contribution in [0.25, 0.3) is 28.6 Å². The number of nitro groups is 1. The second kappa shape index (κ2) is 8.20. The number of hydrogen-bond acceptors (Lipinski definition) is 5. The Morgan fingerprint density at radius 1 is 1.07 bits per heavy atom. The lowest BCUT2D eigenvalue weighted by molar-refractivity contribution is -0.384. The molecule has 0 N–H and O–H groups in total. The Morgan fingerprint density at radius 2 is 1.86 bits per heavy atom. The maximum Gasteiger partial charge on any atom is 0.269 e. The van der Waals surface area contributed by atoms with E-state index in [0.717, 1.165) is 26.8 Å². The fourth-order valence-electron chi connectivity index (χ4n) is 2.74. The Morgan fingerprint density at radius 3 is 2.62 bits per heavy atom. The maximum absolute atomic E-state index is 10.7. The molecule has 0 radical (unpaired) electrons. The van der Waals surface area contributed by atoms with Crippen molar-refractivity contribution in [3.8, 4) is 11.5 Å². The van der Waals surface area contributed by atoms with E-state index in [0.29, 0.717) is 11.5 Å². The SMILES string of the molecule is O=[N+]([O-])c1ccc(C=CC=Nc2ccc3oc(-c4ccccc4Br)nc3c2)cc1. The van der Waals surface area contributed by atoms with Gasteiger partial charge in [-0.25, -0.2) is 4.98 Å². The summed E-state index contributed by atoms with van der Waals surface area (Å²) < 4.78 is 6.76. The molecule has 0 aliphatic rings. The number of aromatic nitrogens is 1. The standard InChI is InChI=1S/C22H14BrN3O3/c23-19-6-2-1-5-18(19)22-25-20-14-16(9-12-21(20)29-22)24-13-3-4-15-7-10-17(11-8-15)26(27)28/h1-14H. The summed E-state index contributed by atoms with van der Waals surface area (Å²) in [4.78, 5) is 19.2. The molecule has 6 nitrogen and oxygen atoms in total. The maximum atomic E-state index is 10.7. The molecule has 7 heteroatoms. The number of oxazole rings is 1. The van der Waals surface area contributed by atoms with Crippen LogP contribution in [0.15, 0.2) is 86.7 Å². The van der Waals surface area contributed by atoms with Crippen molar-refractivity contribution in [2.75, 3.05) is 0 Å². The molecular weight excluding hydrogens is 434 g/mol. The molecule has 0 saturated heterocycles. The average molecular weight is 448 g/mol. The third kappa shape index (κ3) is 4.30. The van der Waals surface area contributed by atoms with Crippen LogP contribution >= 0.6 is 15.9 Å². The molecule has 4 rings (SSSR count). The van der Waals surface area contributed by atoms with Crippen molar-refractivity contribution >= 4 is 50.7 Å². The summed E-state index contributed by atoms with van der Waals surface area (Å²) in [5.74, 6) is 0.548. The van der Waals surface area contributed by atoms with Gasteiger partial charge in [0.2, 0.25) is 5.89 Å². The van der Waals surface area contributed by atoms with E-state index in [1.807, 2.05) is 48.5 Å². The van der Waals surface area contributed by atoms with E-state index >= 15 is 0 Å². The van der Waals surface area contributed by atoms with Crippen LogP contribution in [-0.2, 0) is 0 Å². The molecule has 3 aromatic carbocycles. The van der Waals surface area contributed by atoms with Crippen LogP contribution < -0.4 is 0 Å². The number of aliphatic imine (C=N–C) groups is 1. The number of allylic oxidation sites excluding steroid dienone is 1. The van der Waals surface area contributed by atoms with Crippen LogP contribution in [0.3, 0.4) is 0 Å². The molecule has 0 amide bonds. The number of hydrogen-bond donors (Lipinski definition) is 0. The van der Waals surface area contributed by atoms with Crippen molar-refractivity contribution in [1.82, 2.24) is 4.98 Å². The highest BCUT2D eigenvalue weighted by Crippen LogP contribution is 2.31. The molecule has 0 saturated carbocycles. The lowest BCUT2D eigenvalue weighted by Crippen LogP contribution is -1.86. The van der Waals surface area contributed by atoms with E-state index in [9.17, 15) is 10.1 Å². The van der Waals surface area contributed by atoms with Gasteiger partial charge in [-0.05, 0) is 70.0 Å². The Labute approximate surface area is 174 Å². The summed E-state index contributed by atoms with van der Waals surface area (Å²) in [6.07, 6.45) is 5.27. The predicted octanol–water partition coefficient (Wildman–Crippen LogP) is 6.58. The molecular formula is C22H14BrN3O3. The minimum Gasteiger partial charge on any atom is -0.436 e. The highest BCUT2D eigenvalue weighted by atomic mass is 79.9. The van der Waals surface area contributed by atoms with Gasteiger partial charge in [0.15, 0.2) is 5.58 Å². The predicted molar refractivity (Wildman–Crippen MR) is 117 cm³/mol. The van der Waals surface area contributed by atoms with Crippen molar-refractivity contribution in [2.45, 2.75) is 0 Å². The zero-order valence-corrected chi connectivity index (χ0v) is 16.6. The Kier molecular flexibility index (Phi) is 5.31. The molecule has 0 aliphatic carbocycles. The zero-order valence-electron chi connectivity index (χ0n) is 15.0. The third-order valence-electron chi connectivity index (χ3n) is 4.18. The fraction of sp³-hybridized carbons (Fsp3) is 0. The van der Waals surface area contributed by atoms with Crippen molar-refractivity contribution in [3.63, 3.8) is 0 Å². The van der Waals surface area contributed by atoms with Gasteiger partial charge in [0.05, 0.1) is 16.2 Å². The topological polar surface area (TPSA) is 81.5 Å². The first kappa shape index (κ1) is 18.8. The van der Waals surface area contributed by atoms with Crippen LogP contribution in [0.5, 0.6) is 0 Å². The number of fused-ring (bicyclic) bond motifs is 1. The van der Waals surface area contributed by atoms with E-state index in [4.69, 9.17) is 4.42 Å². The fourth-order valence-corrected chi connectivity index (χ4v) is 3.19. The summed E-state index contributed by atoms with van der Waals surface area (Å²) >= 11 is 3.51. The molecule has 0 spiro atoms. The van der Waals surface area contributed by atoms with Crippen molar-refractivity contribution in [3.05, 3.63) is 93.0 Å². The number of non-ortho nitro benzene ring substituents is 1. The summed E-state index contributed by atoms with van der Waals surface area (Å²) in [5.41, 5.74) is 3.98. The highest BCUT2D eigenvalue weighted by Gasteiger charge is 2.11. The largest absolute Gasteiger partial charge is 0.436 e. The third-order valence-corrected chi connectivity index (χ3v) is 4.87. The van der Waals surface area contributed by atoms with E-state index in [2.05, 4.69) is 25.9 Å². The molecule has 1 aromatic heterocycles. The van der Waals surface area contributed by atoms with Crippen LogP contribution in [0.1, 0.15) is 5.56 Å². The van der Waals surface area contributed by atoms with E-state index in [1.165, 1.54) is 12.1 Å². The molecule has 0 fully saturated rings. The van der Waals surface area contributed by atoms with E-state index in [1.54, 1.807) is 24.4 Å². The number of benzene rings is 3. The lowest BCUT2D eigenvalue weighted by Gasteiger charge is -1.97. The second-order valence-electron chi connectivity index (χ2n) is 6.14. The second-order valence-corrected chi connectivity index (χ2v) is 6.99. The first-order valence-corrected chi connectivity index (χ1v) is 9.50. The van der Waals surface area contributed by atoms with Gasteiger partial charge < -0.3 is 4.42 Å². The molecule has 0 bridgehead atoms. The highest BCUT2D eigenvalue weighted by molar-refractivity contribution is 9.10. The first-order valence-electron chi connectivity index (χ1n) is 8.71. The van der Waals surface area contributed by atoms with Crippen molar-refractivity contribution < 1.29 is 9.34 Å². The van der Waals surface area contributed by atoms with Gasteiger partial charge in [-0.2, -0.15) is 0 Å². The van der Waals surface area contributed by atoms with Crippen molar-refractivity contribution in [2.24, 2.45) is 4.99 Å². The molecule has 0 atom stereocenters. The lowest BCUT2D eigenvalue weighted by atomic mass is 10.2. The normalized spacial score (nSPS) is 11.6. The van der Waals surface area contributed by atoms with Gasteiger partial charge in [0, 0.05) is 22.8 Å². The van der Waals surface area contributed by atoms with Gasteiger partial charge in [-0.1, -0.05) is 18.2 Å². The van der Waals surface area contributed by atoms with Crippen LogP contribution in [0.2, 0.25) is 0 Å². The smallest absolute Gasteiger partial charge is 0.269 e. The summed E-state index contributed by atoms with van der Waals surface area (Å²) in [6, 6.07) is 19.6. The summed E-state index contributed by atoms with van der Waals surface area (Å²) in [6.45, 7) is 0. The van der Waals surface area contributed by atoms with Crippen LogP contribution in [-0.4, -0.2) is 16.1 Å². The Balaban J connectivity index is 1.51. The number of rotatable bonds is 5. The van der Waals surface area contributed by atoms with Gasteiger partial charge in [-0.15, -0.1) is 0 Å². The zero-order chi connectivity index (χ0) is 20.2. The van der Waals surface area contributed by atoms with Gasteiger partial charge >= 0.3 is 0 Å². The van der Waals surface area contributed by atoms with Gasteiger partial charge in [-0.3, -0.25) is 15.1 Å². The molecule has 29 heavy (non-hydrogen) atoms. The Bertz CT molecular complexity index is 1240.